The first-order chi connectivity index (χ1) is 10.2. The largest absolute Gasteiger partial charge is 0.497 e. The van der Waals surface area contributed by atoms with E-state index in [4.69, 9.17) is 15.0 Å². The Kier molecular flexibility index (Phi) is 3.57. The highest BCUT2D eigenvalue weighted by Gasteiger charge is 2.14. The lowest BCUT2D eigenvalue weighted by atomic mass is 10.1. The quantitative estimate of drug-likeness (QED) is 0.746. The van der Waals surface area contributed by atoms with Crippen molar-refractivity contribution in [2.45, 2.75) is 13.3 Å². The first-order valence-electron chi connectivity index (χ1n) is 6.33. The number of ether oxygens (including phenoxy) is 1. The fraction of sp³-hybridized carbons (Fsp3) is 0.214. The van der Waals surface area contributed by atoms with Gasteiger partial charge in [-0.1, -0.05) is 5.16 Å². The van der Waals surface area contributed by atoms with Gasteiger partial charge in [-0.05, 0) is 25.1 Å². The molecule has 21 heavy (non-hydrogen) atoms. The van der Waals surface area contributed by atoms with E-state index in [1.165, 1.54) is 0 Å². The molecule has 3 aromatic rings. The number of rotatable bonds is 4. The first kappa shape index (κ1) is 13.6. The molecule has 3 rings (SSSR count). The number of aromatic nitrogens is 3. The average Bonchev–Trinajstić information content (AvgIpc) is 3.09. The Hall–Kier alpha value is -2.41. The molecular formula is C14H14N4O2S. The van der Waals surface area contributed by atoms with Gasteiger partial charge < -0.3 is 15.0 Å². The summed E-state index contributed by atoms with van der Waals surface area (Å²) >= 11 is 1.60. The van der Waals surface area contributed by atoms with Crippen molar-refractivity contribution in [1.29, 1.82) is 0 Å². The maximum atomic E-state index is 5.95. The molecule has 0 aliphatic carbocycles. The van der Waals surface area contributed by atoms with Crippen LogP contribution in [-0.2, 0) is 6.42 Å². The zero-order valence-corrected chi connectivity index (χ0v) is 12.5. The fourth-order valence-corrected chi connectivity index (χ4v) is 2.55. The van der Waals surface area contributed by atoms with E-state index >= 15 is 0 Å². The molecule has 0 saturated heterocycles. The molecule has 0 saturated carbocycles. The minimum Gasteiger partial charge on any atom is -0.497 e. The van der Waals surface area contributed by atoms with Crippen LogP contribution in [0, 0.1) is 6.92 Å². The summed E-state index contributed by atoms with van der Waals surface area (Å²) in [4.78, 5) is 8.76. The van der Waals surface area contributed by atoms with Gasteiger partial charge in [-0.25, -0.2) is 4.98 Å². The molecule has 7 heteroatoms. The van der Waals surface area contributed by atoms with Crippen molar-refractivity contribution < 1.29 is 9.26 Å². The average molecular weight is 302 g/mol. The number of nitrogen functional groups attached to an aromatic ring is 1. The number of nitrogens with zero attached hydrogens (tertiary/aromatic N) is 3. The molecule has 1 aromatic carbocycles. The van der Waals surface area contributed by atoms with Gasteiger partial charge in [0.05, 0.1) is 29.8 Å². The van der Waals surface area contributed by atoms with Gasteiger partial charge in [0.2, 0.25) is 0 Å². The summed E-state index contributed by atoms with van der Waals surface area (Å²) in [5.74, 6) is 1.65. The molecule has 0 amide bonds. The molecule has 0 aliphatic rings. The minimum absolute atomic E-state index is 0.383. The van der Waals surface area contributed by atoms with Gasteiger partial charge in [0.25, 0.3) is 5.89 Å². The van der Waals surface area contributed by atoms with Gasteiger partial charge in [-0.3, -0.25) is 0 Å². The van der Waals surface area contributed by atoms with Crippen LogP contribution in [0.15, 0.2) is 28.1 Å². The number of methoxy groups -OCH3 is 1. The monoisotopic (exact) mass is 302 g/mol. The van der Waals surface area contributed by atoms with Crippen molar-refractivity contribution in [1.82, 2.24) is 15.1 Å². The summed E-state index contributed by atoms with van der Waals surface area (Å²) in [7, 11) is 1.60. The summed E-state index contributed by atoms with van der Waals surface area (Å²) in [6, 6.07) is 5.32. The molecule has 2 N–H and O–H groups in total. The van der Waals surface area contributed by atoms with E-state index in [1.807, 2.05) is 12.3 Å². The summed E-state index contributed by atoms with van der Waals surface area (Å²) in [6.45, 7) is 1.97. The Bertz CT molecular complexity index is 766. The SMILES string of the molecule is COc1ccc(N)c(-c2nc(Cc3csc(C)n3)no2)c1. The number of hydrogen-bond donors (Lipinski definition) is 1. The van der Waals surface area contributed by atoms with Crippen LogP contribution in [0.1, 0.15) is 16.5 Å². The molecule has 6 nitrogen and oxygen atoms in total. The van der Waals surface area contributed by atoms with Crippen LogP contribution < -0.4 is 10.5 Å². The highest BCUT2D eigenvalue weighted by atomic mass is 32.1. The van der Waals surface area contributed by atoms with Crippen molar-refractivity contribution in [3.05, 3.63) is 40.1 Å². The Morgan fingerprint density at radius 1 is 1.33 bits per heavy atom. The number of aryl methyl sites for hydroxylation is 1. The lowest BCUT2D eigenvalue weighted by molar-refractivity contribution is 0.412. The lowest BCUT2D eigenvalue weighted by Crippen LogP contribution is -1.93. The van der Waals surface area contributed by atoms with Crippen LogP contribution in [0.2, 0.25) is 0 Å². The molecule has 0 spiro atoms. The molecule has 0 fully saturated rings. The predicted molar refractivity (Wildman–Crippen MR) is 80.4 cm³/mol. The Morgan fingerprint density at radius 2 is 2.19 bits per heavy atom. The van der Waals surface area contributed by atoms with E-state index in [0.29, 0.717) is 35.1 Å². The molecule has 108 valence electrons. The Labute approximate surface area is 125 Å². The van der Waals surface area contributed by atoms with Gasteiger partial charge in [0.15, 0.2) is 5.82 Å². The topological polar surface area (TPSA) is 87.1 Å². The molecule has 0 atom stereocenters. The van der Waals surface area contributed by atoms with Crippen LogP contribution in [-0.4, -0.2) is 22.2 Å². The maximum absolute atomic E-state index is 5.95. The number of nitrogens with two attached hydrogens (primary N) is 1. The molecule has 0 radical (unpaired) electrons. The number of benzene rings is 1. The third-order valence-electron chi connectivity index (χ3n) is 2.96. The molecule has 0 unspecified atom stereocenters. The van der Waals surface area contributed by atoms with Gasteiger partial charge in [-0.2, -0.15) is 4.98 Å². The van der Waals surface area contributed by atoms with Crippen molar-refractivity contribution in [3.8, 4) is 17.2 Å². The minimum atomic E-state index is 0.383. The molecule has 2 aromatic heterocycles. The zero-order valence-electron chi connectivity index (χ0n) is 11.7. The summed E-state index contributed by atoms with van der Waals surface area (Å²) in [5.41, 5.74) is 8.12. The second kappa shape index (κ2) is 5.53. The zero-order chi connectivity index (χ0) is 14.8. The van der Waals surface area contributed by atoms with E-state index in [-0.39, 0.29) is 0 Å². The smallest absolute Gasteiger partial charge is 0.260 e. The van der Waals surface area contributed by atoms with Crippen LogP contribution in [0.3, 0.4) is 0 Å². The standard InChI is InChI=1S/C14H14N4O2S/c1-8-16-9(7-21-8)5-13-17-14(20-18-13)11-6-10(19-2)3-4-12(11)15/h3-4,6-7H,5,15H2,1-2H3. The van der Waals surface area contributed by atoms with Crippen LogP contribution in [0.5, 0.6) is 5.75 Å². The Morgan fingerprint density at radius 3 is 2.90 bits per heavy atom. The number of hydrogen-bond acceptors (Lipinski definition) is 7. The third kappa shape index (κ3) is 2.87. The number of anilines is 1. The third-order valence-corrected chi connectivity index (χ3v) is 3.79. The second-order valence-electron chi connectivity index (χ2n) is 4.50. The fourth-order valence-electron chi connectivity index (χ4n) is 1.93. The van der Waals surface area contributed by atoms with E-state index in [1.54, 1.807) is 36.6 Å². The van der Waals surface area contributed by atoms with E-state index in [2.05, 4.69) is 15.1 Å². The highest BCUT2D eigenvalue weighted by Crippen LogP contribution is 2.28. The first-order valence-corrected chi connectivity index (χ1v) is 7.21. The van der Waals surface area contributed by atoms with Crippen LogP contribution >= 0.6 is 11.3 Å². The predicted octanol–water partition coefficient (Wildman–Crippen LogP) is 2.68. The molecular weight excluding hydrogens is 288 g/mol. The van der Waals surface area contributed by atoms with Gasteiger partial charge in [-0.15, -0.1) is 11.3 Å². The van der Waals surface area contributed by atoms with E-state index < -0.39 is 0 Å². The van der Waals surface area contributed by atoms with Crippen molar-refractivity contribution in [2.75, 3.05) is 12.8 Å². The number of thiazole rings is 1. The van der Waals surface area contributed by atoms with Crippen molar-refractivity contribution in [2.24, 2.45) is 0 Å². The van der Waals surface area contributed by atoms with Gasteiger partial charge >= 0.3 is 0 Å². The molecule has 0 aliphatic heterocycles. The Balaban J connectivity index is 1.87. The maximum Gasteiger partial charge on any atom is 0.260 e. The van der Waals surface area contributed by atoms with Gasteiger partial charge in [0, 0.05) is 11.1 Å². The van der Waals surface area contributed by atoms with Crippen LogP contribution in [0.4, 0.5) is 5.69 Å². The van der Waals surface area contributed by atoms with E-state index in [0.717, 1.165) is 10.7 Å². The summed E-state index contributed by atoms with van der Waals surface area (Å²) in [5, 5.41) is 6.99. The van der Waals surface area contributed by atoms with Gasteiger partial charge in [0.1, 0.15) is 5.75 Å². The lowest BCUT2D eigenvalue weighted by Gasteiger charge is -2.03. The molecule has 2 heterocycles. The van der Waals surface area contributed by atoms with Crippen LogP contribution in [0.25, 0.3) is 11.5 Å². The summed E-state index contributed by atoms with van der Waals surface area (Å²) < 4.78 is 10.5. The van der Waals surface area contributed by atoms with Crippen molar-refractivity contribution >= 4 is 17.0 Å². The van der Waals surface area contributed by atoms with E-state index in [9.17, 15) is 0 Å². The summed E-state index contributed by atoms with van der Waals surface area (Å²) in [6.07, 6.45) is 0.539. The second-order valence-corrected chi connectivity index (χ2v) is 5.57. The van der Waals surface area contributed by atoms with Crippen molar-refractivity contribution in [3.63, 3.8) is 0 Å². The normalized spacial score (nSPS) is 10.8. The highest BCUT2D eigenvalue weighted by molar-refractivity contribution is 7.09. The molecule has 0 bridgehead atoms.